The number of rotatable bonds is 4. The van der Waals surface area contributed by atoms with E-state index in [1.165, 1.54) is 24.3 Å². The Labute approximate surface area is 133 Å². The molecule has 7 nitrogen and oxygen atoms in total. The maximum Gasteiger partial charge on any atom is 0.289 e. The third-order valence-electron chi connectivity index (χ3n) is 3.65. The molecule has 1 aliphatic rings. The zero-order valence-electron chi connectivity index (χ0n) is 12.2. The number of hydrogen-bond donors (Lipinski definition) is 2. The monoisotopic (exact) mass is 333 g/mol. The van der Waals surface area contributed by atoms with Crippen LogP contribution in [0.1, 0.15) is 12.0 Å². The van der Waals surface area contributed by atoms with Crippen molar-refractivity contribution in [3.05, 3.63) is 58.1 Å². The molecule has 1 aliphatic heterocycles. The zero-order valence-corrected chi connectivity index (χ0v) is 13.0. The molecule has 23 heavy (non-hydrogen) atoms. The lowest BCUT2D eigenvalue weighted by molar-refractivity contribution is -0.387. The summed E-state index contributed by atoms with van der Waals surface area (Å²) in [7, 11) is -4.03. The van der Waals surface area contributed by atoms with Crippen molar-refractivity contribution in [1.29, 1.82) is 0 Å². The van der Waals surface area contributed by atoms with Gasteiger partial charge in [0, 0.05) is 18.3 Å². The Morgan fingerprint density at radius 1 is 1.17 bits per heavy atom. The molecule has 0 saturated carbocycles. The van der Waals surface area contributed by atoms with E-state index in [1.807, 2.05) is 6.07 Å². The van der Waals surface area contributed by atoms with E-state index in [2.05, 4.69) is 10.0 Å². The maximum absolute atomic E-state index is 12.5. The van der Waals surface area contributed by atoms with Gasteiger partial charge in [0.05, 0.1) is 10.6 Å². The topological polar surface area (TPSA) is 101 Å². The summed E-state index contributed by atoms with van der Waals surface area (Å²) in [6.07, 6.45) is 1.98. The van der Waals surface area contributed by atoms with Gasteiger partial charge in [-0.3, -0.25) is 14.8 Å². The minimum Gasteiger partial charge on any atom is -0.385 e. The SMILES string of the molecule is O=[N+]([O-])c1ccccc1S(=O)(=O)Nc1ccc2c(c1)NCCC2. The van der Waals surface area contributed by atoms with E-state index >= 15 is 0 Å². The van der Waals surface area contributed by atoms with Gasteiger partial charge >= 0.3 is 0 Å². The van der Waals surface area contributed by atoms with Gasteiger partial charge in [-0.2, -0.15) is 0 Å². The Hall–Kier alpha value is -2.61. The number of anilines is 2. The smallest absolute Gasteiger partial charge is 0.289 e. The molecule has 2 aromatic carbocycles. The molecule has 0 saturated heterocycles. The van der Waals surface area contributed by atoms with Crippen LogP contribution in [0.3, 0.4) is 0 Å². The van der Waals surface area contributed by atoms with E-state index in [1.54, 1.807) is 12.1 Å². The molecule has 2 aromatic rings. The van der Waals surface area contributed by atoms with Gasteiger partial charge in [0.1, 0.15) is 0 Å². The van der Waals surface area contributed by atoms with Crippen LogP contribution in [-0.2, 0) is 16.4 Å². The zero-order chi connectivity index (χ0) is 16.4. The van der Waals surface area contributed by atoms with Gasteiger partial charge in [-0.05, 0) is 36.6 Å². The summed E-state index contributed by atoms with van der Waals surface area (Å²) in [6.45, 7) is 0.841. The van der Waals surface area contributed by atoms with Crippen molar-refractivity contribution < 1.29 is 13.3 Å². The Bertz CT molecular complexity index is 865. The summed E-state index contributed by atoms with van der Waals surface area (Å²) in [6, 6.07) is 10.5. The molecule has 0 fully saturated rings. The summed E-state index contributed by atoms with van der Waals surface area (Å²) >= 11 is 0. The number of nitro groups is 1. The number of nitrogens with zero attached hydrogens (tertiary/aromatic N) is 1. The van der Waals surface area contributed by atoms with Crippen LogP contribution in [-0.4, -0.2) is 19.9 Å². The first-order chi connectivity index (χ1) is 11.0. The van der Waals surface area contributed by atoms with Crippen LogP contribution in [0.4, 0.5) is 17.1 Å². The van der Waals surface area contributed by atoms with Crippen molar-refractivity contribution in [2.24, 2.45) is 0 Å². The van der Waals surface area contributed by atoms with Gasteiger partial charge in [-0.25, -0.2) is 8.42 Å². The second kappa shape index (κ2) is 5.88. The van der Waals surface area contributed by atoms with E-state index < -0.39 is 20.6 Å². The third kappa shape index (κ3) is 3.11. The fraction of sp³-hybridized carbons (Fsp3) is 0.200. The molecule has 2 N–H and O–H groups in total. The molecule has 0 bridgehead atoms. The maximum atomic E-state index is 12.5. The van der Waals surface area contributed by atoms with Crippen molar-refractivity contribution in [3.8, 4) is 0 Å². The first-order valence-electron chi connectivity index (χ1n) is 7.10. The van der Waals surface area contributed by atoms with Crippen molar-refractivity contribution in [2.75, 3.05) is 16.6 Å². The van der Waals surface area contributed by atoms with E-state index in [0.717, 1.165) is 30.6 Å². The standard InChI is InChI=1S/C15H15N3O4S/c19-18(20)14-5-1-2-6-15(14)23(21,22)17-12-8-7-11-4-3-9-16-13(11)10-12/h1-2,5-8,10,16-17H,3-4,9H2. The number of fused-ring (bicyclic) bond motifs is 1. The Kier molecular flexibility index (Phi) is 3.91. The first-order valence-corrected chi connectivity index (χ1v) is 8.59. The van der Waals surface area contributed by atoms with Gasteiger partial charge in [0.15, 0.2) is 4.90 Å². The molecule has 1 heterocycles. The van der Waals surface area contributed by atoms with E-state index in [-0.39, 0.29) is 4.90 Å². The molecule has 8 heteroatoms. The molecule has 0 spiro atoms. The third-order valence-corrected chi connectivity index (χ3v) is 5.08. The molecule has 0 aromatic heterocycles. The van der Waals surface area contributed by atoms with E-state index in [4.69, 9.17) is 0 Å². The fourth-order valence-corrected chi connectivity index (χ4v) is 3.79. The summed E-state index contributed by atoms with van der Waals surface area (Å²) in [4.78, 5) is 9.96. The fourth-order valence-electron chi connectivity index (χ4n) is 2.57. The highest BCUT2D eigenvalue weighted by Crippen LogP contribution is 2.29. The van der Waals surface area contributed by atoms with E-state index in [9.17, 15) is 18.5 Å². The van der Waals surface area contributed by atoms with Crippen molar-refractivity contribution in [2.45, 2.75) is 17.7 Å². The van der Waals surface area contributed by atoms with Gasteiger partial charge in [0.25, 0.3) is 15.7 Å². The predicted molar refractivity (Wildman–Crippen MR) is 87.2 cm³/mol. The summed E-state index contributed by atoms with van der Waals surface area (Å²) < 4.78 is 27.3. The number of hydrogen-bond acceptors (Lipinski definition) is 5. The highest BCUT2D eigenvalue weighted by Gasteiger charge is 2.25. The number of aryl methyl sites for hydroxylation is 1. The molecule has 0 atom stereocenters. The molecular formula is C15H15N3O4S. The number of benzene rings is 2. The van der Waals surface area contributed by atoms with Crippen LogP contribution in [0.5, 0.6) is 0 Å². The van der Waals surface area contributed by atoms with Gasteiger partial charge in [-0.1, -0.05) is 18.2 Å². The molecule has 0 radical (unpaired) electrons. The minimum atomic E-state index is -4.03. The Morgan fingerprint density at radius 3 is 2.74 bits per heavy atom. The van der Waals surface area contributed by atoms with Crippen LogP contribution >= 0.6 is 0 Å². The lowest BCUT2D eigenvalue weighted by Gasteiger charge is -2.19. The van der Waals surface area contributed by atoms with E-state index in [0.29, 0.717) is 5.69 Å². The minimum absolute atomic E-state index is 0.351. The number of para-hydroxylation sites is 1. The molecular weight excluding hydrogens is 318 g/mol. The molecule has 3 rings (SSSR count). The largest absolute Gasteiger partial charge is 0.385 e. The van der Waals surface area contributed by atoms with Gasteiger partial charge in [0.2, 0.25) is 0 Å². The normalized spacial score (nSPS) is 13.7. The number of sulfonamides is 1. The Balaban J connectivity index is 1.94. The number of nitrogens with one attached hydrogen (secondary N) is 2. The summed E-state index contributed by atoms with van der Waals surface area (Å²) in [5.41, 5.74) is 1.94. The van der Waals surface area contributed by atoms with Crippen LogP contribution in [0, 0.1) is 10.1 Å². The highest BCUT2D eigenvalue weighted by molar-refractivity contribution is 7.92. The van der Waals surface area contributed by atoms with Crippen LogP contribution < -0.4 is 10.0 Å². The van der Waals surface area contributed by atoms with Crippen LogP contribution in [0.2, 0.25) is 0 Å². The predicted octanol–water partition coefficient (Wildman–Crippen LogP) is 2.75. The molecule has 0 amide bonds. The van der Waals surface area contributed by atoms with Crippen molar-refractivity contribution in [1.82, 2.24) is 0 Å². The second-order valence-corrected chi connectivity index (χ2v) is 6.88. The first kappa shape index (κ1) is 15.3. The van der Waals surface area contributed by atoms with Gasteiger partial charge < -0.3 is 5.32 Å². The van der Waals surface area contributed by atoms with Crippen LogP contribution in [0.15, 0.2) is 47.4 Å². The lowest BCUT2D eigenvalue weighted by Crippen LogP contribution is -2.16. The highest BCUT2D eigenvalue weighted by atomic mass is 32.2. The van der Waals surface area contributed by atoms with Crippen molar-refractivity contribution >= 4 is 27.1 Å². The molecule has 120 valence electrons. The summed E-state index contributed by atoms with van der Waals surface area (Å²) in [5, 5.41) is 14.2. The average Bonchev–Trinajstić information content (AvgIpc) is 2.54. The van der Waals surface area contributed by atoms with Crippen molar-refractivity contribution in [3.63, 3.8) is 0 Å². The number of nitro benzene ring substituents is 1. The molecule has 0 unspecified atom stereocenters. The second-order valence-electron chi connectivity index (χ2n) is 5.23. The lowest BCUT2D eigenvalue weighted by atomic mass is 10.0. The van der Waals surface area contributed by atoms with Gasteiger partial charge in [-0.15, -0.1) is 0 Å². The quantitative estimate of drug-likeness (QED) is 0.662. The Morgan fingerprint density at radius 2 is 1.96 bits per heavy atom. The average molecular weight is 333 g/mol. The summed E-state index contributed by atoms with van der Waals surface area (Å²) in [5.74, 6) is 0. The molecule has 0 aliphatic carbocycles. The van der Waals surface area contributed by atoms with Crippen LogP contribution in [0.25, 0.3) is 0 Å².